The number of nitro groups is 1. The maximum absolute atomic E-state index is 11.3. The fraction of sp³-hybridized carbons (Fsp3) is 0.444. The Kier molecular flexibility index (Phi) is 3.56. The van der Waals surface area contributed by atoms with E-state index in [4.69, 9.17) is 5.11 Å². The molecule has 0 saturated carbocycles. The molecular formula is C9H12N2O4. The molecule has 0 aliphatic carbocycles. The number of rotatable bonds is 4. The molecule has 0 radical (unpaired) electrons. The first-order valence-corrected chi connectivity index (χ1v) is 4.50. The molecule has 1 rings (SSSR count). The lowest BCUT2D eigenvalue weighted by molar-refractivity contribution is -0.385. The van der Waals surface area contributed by atoms with Crippen LogP contribution in [-0.4, -0.2) is 21.2 Å². The van der Waals surface area contributed by atoms with Crippen molar-refractivity contribution in [3.8, 4) is 0 Å². The van der Waals surface area contributed by atoms with Gasteiger partial charge in [0.2, 0.25) is 0 Å². The second-order valence-corrected chi connectivity index (χ2v) is 3.42. The molecule has 0 amide bonds. The normalized spacial score (nSPS) is 12.4. The van der Waals surface area contributed by atoms with Crippen LogP contribution in [0, 0.1) is 16.0 Å². The summed E-state index contributed by atoms with van der Waals surface area (Å²) in [5.74, 6) is -0.107. The monoisotopic (exact) mass is 212 g/mol. The zero-order chi connectivity index (χ0) is 11.4. The van der Waals surface area contributed by atoms with Crippen molar-refractivity contribution in [2.24, 2.45) is 5.92 Å². The van der Waals surface area contributed by atoms with Gasteiger partial charge in [-0.05, 0) is 5.92 Å². The molecule has 6 nitrogen and oxygen atoms in total. The van der Waals surface area contributed by atoms with Crippen molar-refractivity contribution in [2.45, 2.75) is 13.5 Å². The van der Waals surface area contributed by atoms with Gasteiger partial charge in [0.1, 0.15) is 0 Å². The van der Waals surface area contributed by atoms with Crippen LogP contribution in [0.5, 0.6) is 0 Å². The Hall–Kier alpha value is -1.69. The minimum Gasteiger partial charge on any atom is -0.396 e. The molecule has 1 aromatic heterocycles. The Morgan fingerprint density at radius 2 is 2.27 bits per heavy atom. The van der Waals surface area contributed by atoms with Crippen LogP contribution in [0.2, 0.25) is 0 Å². The van der Waals surface area contributed by atoms with Crippen LogP contribution in [0.1, 0.15) is 6.92 Å². The van der Waals surface area contributed by atoms with Crippen molar-refractivity contribution >= 4 is 5.69 Å². The fourth-order valence-electron chi connectivity index (χ4n) is 1.16. The quantitative estimate of drug-likeness (QED) is 0.577. The van der Waals surface area contributed by atoms with E-state index in [9.17, 15) is 14.9 Å². The van der Waals surface area contributed by atoms with Gasteiger partial charge in [0.05, 0.1) is 11.1 Å². The fourth-order valence-corrected chi connectivity index (χ4v) is 1.16. The van der Waals surface area contributed by atoms with E-state index in [0.29, 0.717) is 0 Å². The lowest BCUT2D eigenvalue weighted by atomic mass is 10.2. The molecule has 0 fully saturated rings. The lowest BCUT2D eigenvalue weighted by Crippen LogP contribution is -2.23. The lowest BCUT2D eigenvalue weighted by Gasteiger charge is -2.09. The van der Waals surface area contributed by atoms with Crippen LogP contribution in [0.15, 0.2) is 23.1 Å². The molecule has 1 atom stereocenters. The smallest absolute Gasteiger partial charge is 0.285 e. The maximum atomic E-state index is 11.3. The zero-order valence-electron chi connectivity index (χ0n) is 8.29. The van der Waals surface area contributed by atoms with E-state index in [1.807, 2.05) is 0 Å². The van der Waals surface area contributed by atoms with E-state index in [-0.39, 0.29) is 30.3 Å². The second-order valence-electron chi connectivity index (χ2n) is 3.42. The maximum Gasteiger partial charge on any atom is 0.285 e. The first kappa shape index (κ1) is 11.4. The molecule has 0 aliphatic rings. The van der Waals surface area contributed by atoms with Crippen molar-refractivity contribution in [1.29, 1.82) is 0 Å². The highest BCUT2D eigenvalue weighted by Gasteiger charge is 2.09. The SMILES string of the molecule is CC(CO)Cn1cc([N+](=O)[O-])ccc1=O. The standard InChI is InChI=1S/C9H12N2O4/c1-7(6-12)4-10-5-8(11(14)15)2-3-9(10)13/h2-3,5,7,12H,4,6H2,1H3. The van der Waals surface area contributed by atoms with Crippen molar-refractivity contribution in [2.75, 3.05) is 6.61 Å². The van der Waals surface area contributed by atoms with Crippen LogP contribution in [0.4, 0.5) is 5.69 Å². The van der Waals surface area contributed by atoms with E-state index in [0.717, 1.165) is 6.07 Å². The summed E-state index contributed by atoms with van der Waals surface area (Å²) in [6.45, 7) is 1.97. The Bertz CT molecular complexity index is 413. The molecule has 1 aromatic rings. The Labute approximate surface area is 85.9 Å². The van der Waals surface area contributed by atoms with Crippen molar-refractivity contribution < 1.29 is 10.0 Å². The predicted molar refractivity (Wildman–Crippen MR) is 53.6 cm³/mol. The van der Waals surface area contributed by atoms with Crippen LogP contribution in [0.3, 0.4) is 0 Å². The third kappa shape index (κ3) is 2.88. The zero-order valence-corrected chi connectivity index (χ0v) is 8.29. The van der Waals surface area contributed by atoms with Crippen LogP contribution in [-0.2, 0) is 6.54 Å². The average molecular weight is 212 g/mol. The minimum absolute atomic E-state index is 0.0604. The van der Waals surface area contributed by atoms with E-state index in [1.165, 1.54) is 16.8 Å². The summed E-state index contributed by atoms with van der Waals surface area (Å²) in [6, 6.07) is 2.32. The molecule has 1 heterocycles. The summed E-state index contributed by atoms with van der Waals surface area (Å²) < 4.78 is 1.24. The van der Waals surface area contributed by atoms with Crippen LogP contribution < -0.4 is 5.56 Å². The number of hydrogen-bond donors (Lipinski definition) is 1. The molecule has 0 spiro atoms. The van der Waals surface area contributed by atoms with Crippen LogP contribution in [0.25, 0.3) is 0 Å². The van der Waals surface area contributed by atoms with Gasteiger partial charge >= 0.3 is 0 Å². The summed E-state index contributed by atoms with van der Waals surface area (Å²) in [5, 5.41) is 19.3. The van der Waals surface area contributed by atoms with Gasteiger partial charge in [-0.15, -0.1) is 0 Å². The molecular weight excluding hydrogens is 200 g/mol. The summed E-state index contributed by atoms with van der Waals surface area (Å²) >= 11 is 0. The molecule has 0 aromatic carbocycles. The highest BCUT2D eigenvalue weighted by molar-refractivity contribution is 5.24. The summed E-state index contributed by atoms with van der Waals surface area (Å²) in [6.07, 6.45) is 1.19. The first-order chi connectivity index (χ1) is 7.04. The third-order valence-corrected chi connectivity index (χ3v) is 2.00. The number of aliphatic hydroxyl groups excluding tert-OH is 1. The molecule has 1 unspecified atom stereocenters. The van der Waals surface area contributed by atoms with Gasteiger partial charge in [-0.3, -0.25) is 14.9 Å². The topological polar surface area (TPSA) is 85.4 Å². The van der Waals surface area contributed by atoms with Crippen LogP contribution >= 0.6 is 0 Å². The highest BCUT2D eigenvalue weighted by Crippen LogP contribution is 2.07. The van der Waals surface area contributed by atoms with Gasteiger partial charge in [0, 0.05) is 25.3 Å². The van der Waals surface area contributed by atoms with E-state index in [2.05, 4.69) is 0 Å². The number of pyridine rings is 1. The molecule has 82 valence electrons. The molecule has 0 bridgehead atoms. The van der Waals surface area contributed by atoms with Gasteiger partial charge in [-0.25, -0.2) is 0 Å². The molecule has 6 heteroatoms. The van der Waals surface area contributed by atoms with E-state index < -0.39 is 4.92 Å². The van der Waals surface area contributed by atoms with Gasteiger partial charge in [-0.1, -0.05) is 6.92 Å². The molecule has 0 aliphatic heterocycles. The number of hydrogen-bond acceptors (Lipinski definition) is 4. The third-order valence-electron chi connectivity index (χ3n) is 2.00. The molecule has 1 N–H and O–H groups in total. The van der Waals surface area contributed by atoms with Gasteiger partial charge in [0.25, 0.3) is 11.2 Å². The Balaban J connectivity index is 3.00. The van der Waals surface area contributed by atoms with Crippen molar-refractivity contribution in [1.82, 2.24) is 4.57 Å². The highest BCUT2D eigenvalue weighted by atomic mass is 16.6. The van der Waals surface area contributed by atoms with E-state index >= 15 is 0 Å². The largest absolute Gasteiger partial charge is 0.396 e. The van der Waals surface area contributed by atoms with Crippen molar-refractivity contribution in [3.05, 3.63) is 38.8 Å². The van der Waals surface area contributed by atoms with Gasteiger partial charge in [0.15, 0.2) is 0 Å². The van der Waals surface area contributed by atoms with E-state index in [1.54, 1.807) is 6.92 Å². The van der Waals surface area contributed by atoms with Gasteiger partial charge < -0.3 is 9.67 Å². The number of aromatic nitrogens is 1. The number of aliphatic hydroxyl groups is 1. The average Bonchev–Trinajstić information content (AvgIpc) is 2.20. The predicted octanol–water partition coefficient (Wildman–Crippen LogP) is 0.385. The minimum atomic E-state index is -0.556. The van der Waals surface area contributed by atoms with Crippen molar-refractivity contribution in [3.63, 3.8) is 0 Å². The summed E-state index contributed by atoms with van der Waals surface area (Å²) in [7, 11) is 0. The summed E-state index contributed by atoms with van der Waals surface area (Å²) in [4.78, 5) is 21.2. The Morgan fingerprint density at radius 1 is 1.60 bits per heavy atom. The first-order valence-electron chi connectivity index (χ1n) is 4.50. The summed E-state index contributed by atoms with van der Waals surface area (Å²) in [5.41, 5.74) is -0.430. The Morgan fingerprint density at radius 3 is 2.80 bits per heavy atom. The van der Waals surface area contributed by atoms with Gasteiger partial charge in [-0.2, -0.15) is 0 Å². The molecule has 0 saturated heterocycles. The number of nitrogens with zero attached hydrogens (tertiary/aromatic N) is 2. The second kappa shape index (κ2) is 4.70. The molecule has 15 heavy (non-hydrogen) atoms.